The van der Waals surface area contributed by atoms with Crippen molar-refractivity contribution in [3.05, 3.63) is 0 Å². The lowest BCUT2D eigenvalue weighted by Gasteiger charge is -2.34. The number of methoxy groups -OCH3 is 1. The van der Waals surface area contributed by atoms with Crippen LogP contribution in [-0.4, -0.2) is 42.0 Å². The van der Waals surface area contributed by atoms with Crippen LogP contribution < -0.4 is 5.32 Å². The minimum Gasteiger partial charge on any atom is -0.481 e. The molecule has 0 aromatic carbocycles. The maximum absolute atomic E-state index is 11.9. The molecule has 1 saturated carbocycles. The summed E-state index contributed by atoms with van der Waals surface area (Å²) in [6.07, 6.45) is 1.03. The van der Waals surface area contributed by atoms with Crippen molar-refractivity contribution >= 4 is 12.1 Å². The molecule has 0 aliphatic heterocycles. The molecule has 0 bridgehead atoms. The van der Waals surface area contributed by atoms with Crippen molar-refractivity contribution < 1.29 is 24.2 Å². The van der Waals surface area contributed by atoms with Crippen molar-refractivity contribution in [3.8, 4) is 0 Å². The minimum absolute atomic E-state index is 0.135. The van der Waals surface area contributed by atoms with E-state index in [9.17, 15) is 9.59 Å². The molecule has 1 atom stereocenters. The topological polar surface area (TPSA) is 84.9 Å². The number of carbonyl (C=O) groups excluding carboxylic acids is 1. The molecule has 1 aliphatic rings. The average Bonchev–Trinajstić information content (AvgIpc) is 2.95. The Morgan fingerprint density at radius 3 is 2.26 bits per heavy atom. The van der Waals surface area contributed by atoms with Crippen LogP contribution in [0.25, 0.3) is 0 Å². The van der Waals surface area contributed by atoms with Crippen molar-refractivity contribution in [2.24, 2.45) is 5.92 Å². The van der Waals surface area contributed by atoms with Gasteiger partial charge in [-0.2, -0.15) is 0 Å². The summed E-state index contributed by atoms with van der Waals surface area (Å²) in [6.45, 7) is 5.46. The number of alkyl carbamates (subject to hydrolysis) is 1. The summed E-state index contributed by atoms with van der Waals surface area (Å²) in [5.41, 5.74) is -1.49. The Labute approximate surface area is 113 Å². The summed E-state index contributed by atoms with van der Waals surface area (Å²) in [7, 11) is 1.50. The van der Waals surface area contributed by atoms with E-state index in [1.165, 1.54) is 7.11 Å². The van der Waals surface area contributed by atoms with Gasteiger partial charge in [0.05, 0.1) is 18.6 Å². The van der Waals surface area contributed by atoms with Crippen LogP contribution in [0.4, 0.5) is 4.79 Å². The third kappa shape index (κ3) is 5.06. The highest BCUT2D eigenvalue weighted by Gasteiger charge is 2.48. The van der Waals surface area contributed by atoms with Gasteiger partial charge >= 0.3 is 12.1 Å². The smallest absolute Gasteiger partial charge is 0.408 e. The van der Waals surface area contributed by atoms with Gasteiger partial charge in [-0.25, -0.2) is 4.79 Å². The number of ether oxygens (including phenoxy) is 2. The Morgan fingerprint density at radius 2 is 1.89 bits per heavy atom. The van der Waals surface area contributed by atoms with Crippen LogP contribution in [0.1, 0.15) is 40.0 Å². The molecule has 0 aromatic heterocycles. The molecule has 0 saturated heterocycles. The fraction of sp³-hybridized carbons (Fsp3) is 0.846. The van der Waals surface area contributed by atoms with Crippen LogP contribution in [0.5, 0.6) is 0 Å². The second-order valence-corrected chi connectivity index (χ2v) is 6.06. The van der Waals surface area contributed by atoms with Gasteiger partial charge < -0.3 is 19.9 Å². The van der Waals surface area contributed by atoms with Crippen molar-refractivity contribution in [3.63, 3.8) is 0 Å². The minimum atomic E-state index is -0.958. The number of carbonyl (C=O) groups is 2. The highest BCUT2D eigenvalue weighted by atomic mass is 16.6. The molecule has 0 heterocycles. The van der Waals surface area contributed by atoms with E-state index in [2.05, 4.69) is 5.32 Å². The van der Waals surface area contributed by atoms with Crippen LogP contribution >= 0.6 is 0 Å². The molecule has 0 spiro atoms. The van der Waals surface area contributed by atoms with Crippen LogP contribution in [0.3, 0.4) is 0 Å². The predicted octanol–water partition coefficient (Wildman–Crippen LogP) is 1.78. The molecule has 19 heavy (non-hydrogen) atoms. The van der Waals surface area contributed by atoms with Gasteiger partial charge in [0.1, 0.15) is 5.60 Å². The van der Waals surface area contributed by atoms with E-state index in [4.69, 9.17) is 14.6 Å². The SMILES string of the molecule is COCC(CC(=O)O)(NC(=O)OC(C)(C)C)C1CC1. The number of carboxylic acid groups (broad SMARTS) is 1. The standard InChI is InChI=1S/C13H23NO5/c1-12(2,3)19-11(17)14-13(8-18-4,7-10(15)16)9-5-6-9/h9H,5-8H2,1-4H3,(H,14,17)(H,15,16). The monoisotopic (exact) mass is 273 g/mol. The van der Waals surface area contributed by atoms with Gasteiger partial charge in [0.15, 0.2) is 0 Å². The number of carboxylic acids is 1. The molecule has 1 aliphatic carbocycles. The van der Waals surface area contributed by atoms with Crippen LogP contribution in [0.2, 0.25) is 0 Å². The highest BCUT2D eigenvalue weighted by Crippen LogP contribution is 2.42. The van der Waals surface area contributed by atoms with E-state index in [0.717, 1.165) is 12.8 Å². The Morgan fingerprint density at radius 1 is 1.32 bits per heavy atom. The second kappa shape index (κ2) is 5.77. The molecule has 2 N–H and O–H groups in total. The fourth-order valence-corrected chi connectivity index (χ4v) is 2.17. The second-order valence-electron chi connectivity index (χ2n) is 6.06. The zero-order valence-corrected chi connectivity index (χ0v) is 12.0. The van der Waals surface area contributed by atoms with E-state index in [1.807, 2.05) is 0 Å². The van der Waals surface area contributed by atoms with Gasteiger partial charge in [0.2, 0.25) is 0 Å². The third-order valence-corrected chi connectivity index (χ3v) is 2.98. The maximum Gasteiger partial charge on any atom is 0.408 e. The van der Waals surface area contributed by atoms with Crippen LogP contribution in [0, 0.1) is 5.92 Å². The third-order valence-electron chi connectivity index (χ3n) is 2.98. The first-order valence-electron chi connectivity index (χ1n) is 6.40. The quantitative estimate of drug-likeness (QED) is 0.770. The highest BCUT2D eigenvalue weighted by molar-refractivity contribution is 5.73. The van der Waals surface area contributed by atoms with Gasteiger partial charge in [-0.05, 0) is 39.5 Å². The molecule has 0 radical (unpaired) electrons. The zero-order chi connectivity index (χ0) is 14.7. The van der Waals surface area contributed by atoms with E-state index >= 15 is 0 Å². The summed E-state index contributed by atoms with van der Waals surface area (Å²) in [5.74, 6) is -0.823. The van der Waals surface area contributed by atoms with Gasteiger partial charge in [-0.15, -0.1) is 0 Å². The molecule has 6 nitrogen and oxygen atoms in total. The summed E-state index contributed by atoms with van der Waals surface area (Å²) in [4.78, 5) is 22.9. The number of rotatable bonds is 6. The van der Waals surface area contributed by atoms with Gasteiger partial charge in [0, 0.05) is 7.11 Å². The number of amides is 1. The van der Waals surface area contributed by atoms with Crippen molar-refractivity contribution in [1.82, 2.24) is 5.32 Å². The first-order valence-corrected chi connectivity index (χ1v) is 6.40. The van der Waals surface area contributed by atoms with E-state index in [1.54, 1.807) is 20.8 Å². The van der Waals surface area contributed by atoms with E-state index in [-0.39, 0.29) is 18.9 Å². The molecule has 110 valence electrons. The van der Waals surface area contributed by atoms with Crippen molar-refractivity contribution in [1.29, 1.82) is 0 Å². The van der Waals surface area contributed by atoms with Crippen LogP contribution in [0.15, 0.2) is 0 Å². The summed E-state index contributed by atoms with van der Waals surface area (Å²) < 4.78 is 10.3. The molecule has 6 heteroatoms. The fourth-order valence-electron chi connectivity index (χ4n) is 2.17. The zero-order valence-electron chi connectivity index (χ0n) is 12.0. The number of hydrogen-bond donors (Lipinski definition) is 2. The largest absolute Gasteiger partial charge is 0.481 e. The lowest BCUT2D eigenvalue weighted by molar-refractivity contribution is -0.139. The Bertz CT molecular complexity index is 345. The van der Waals surface area contributed by atoms with E-state index in [0.29, 0.717) is 0 Å². The lowest BCUT2D eigenvalue weighted by atomic mass is 9.90. The Balaban J connectivity index is 2.77. The van der Waals surface area contributed by atoms with E-state index < -0.39 is 23.2 Å². The maximum atomic E-state index is 11.9. The van der Waals surface area contributed by atoms with Gasteiger partial charge in [-0.1, -0.05) is 0 Å². The summed E-state index contributed by atoms with van der Waals surface area (Å²) in [6, 6.07) is 0. The number of aliphatic carboxylic acids is 1. The van der Waals surface area contributed by atoms with Crippen molar-refractivity contribution in [2.75, 3.05) is 13.7 Å². The molecular weight excluding hydrogens is 250 g/mol. The summed E-state index contributed by atoms with van der Waals surface area (Å²) in [5, 5.41) is 11.8. The van der Waals surface area contributed by atoms with Crippen LogP contribution in [-0.2, 0) is 14.3 Å². The summed E-state index contributed by atoms with van der Waals surface area (Å²) >= 11 is 0. The number of hydrogen-bond acceptors (Lipinski definition) is 4. The van der Waals surface area contributed by atoms with Gasteiger partial charge in [-0.3, -0.25) is 4.79 Å². The molecular formula is C13H23NO5. The van der Waals surface area contributed by atoms with Gasteiger partial charge in [0.25, 0.3) is 0 Å². The molecule has 0 aromatic rings. The molecule has 1 unspecified atom stereocenters. The first kappa shape index (κ1) is 15.8. The first-order chi connectivity index (χ1) is 8.68. The molecule has 1 amide bonds. The lowest BCUT2D eigenvalue weighted by Crippen LogP contribution is -2.56. The normalized spacial score (nSPS) is 18.5. The van der Waals surface area contributed by atoms with Crippen molar-refractivity contribution in [2.45, 2.75) is 51.2 Å². The molecule has 1 fully saturated rings. The average molecular weight is 273 g/mol. The Kier molecular flexibility index (Phi) is 4.79. The molecule has 1 rings (SSSR count). The Hall–Kier alpha value is -1.30. The predicted molar refractivity (Wildman–Crippen MR) is 69.0 cm³/mol. The number of nitrogens with one attached hydrogen (secondary N) is 1.